The summed E-state index contributed by atoms with van der Waals surface area (Å²) in [5.74, 6) is 0.163. The summed E-state index contributed by atoms with van der Waals surface area (Å²) in [5, 5.41) is 12.8. The number of hydrogen-bond donors (Lipinski definition) is 1. The highest BCUT2D eigenvalue weighted by molar-refractivity contribution is 5.90. The Kier molecular flexibility index (Phi) is 4.68. The van der Waals surface area contributed by atoms with Gasteiger partial charge in [-0.1, -0.05) is 19.9 Å². The van der Waals surface area contributed by atoms with Gasteiger partial charge in [0.2, 0.25) is 5.82 Å². The third kappa shape index (κ3) is 3.24. The van der Waals surface area contributed by atoms with Crippen LogP contribution in [0.1, 0.15) is 59.1 Å². The van der Waals surface area contributed by atoms with E-state index in [0.29, 0.717) is 18.9 Å². The number of carbonyl (C=O) groups is 1. The Morgan fingerprint density at radius 3 is 2.85 bits per heavy atom. The van der Waals surface area contributed by atoms with Crippen LogP contribution in [0.3, 0.4) is 0 Å². The number of fused-ring (bicyclic) bond motifs is 2. The summed E-state index contributed by atoms with van der Waals surface area (Å²) in [6, 6.07) is 7.30. The highest BCUT2D eigenvalue weighted by atomic mass is 16.4. The van der Waals surface area contributed by atoms with Gasteiger partial charge in [0, 0.05) is 37.3 Å². The summed E-state index contributed by atoms with van der Waals surface area (Å²) in [4.78, 5) is 31.2. The molecule has 0 unspecified atom stereocenters. The first-order chi connectivity index (χ1) is 16.6. The number of pyridine rings is 1. The van der Waals surface area contributed by atoms with Crippen LogP contribution in [0.4, 0.5) is 0 Å². The van der Waals surface area contributed by atoms with Crippen LogP contribution in [-0.2, 0) is 6.42 Å². The second-order valence-corrected chi connectivity index (χ2v) is 8.42. The van der Waals surface area contributed by atoms with Gasteiger partial charge in [0.1, 0.15) is 6.04 Å². The highest BCUT2D eigenvalue weighted by Gasteiger charge is 2.38. The Bertz CT molecular complexity index is 1480. The first kappa shape index (κ1) is 20.2. The fourth-order valence-corrected chi connectivity index (χ4v) is 4.41. The monoisotopic (exact) mass is 455 g/mol. The third-order valence-corrected chi connectivity index (χ3v) is 6.01. The lowest BCUT2D eigenvalue weighted by atomic mass is 9.98. The third-order valence-electron chi connectivity index (χ3n) is 6.01. The maximum Gasteiger partial charge on any atom is 0.312 e. The topological polar surface area (TPSA) is 131 Å². The molecule has 5 aromatic rings. The SMILES string of the molecule is CC(C)c1cccn2nc([C@H]3c4nc[nH]c4CCN3C(=O)c3nnc(-c4ncccn4)o3)cc12. The van der Waals surface area contributed by atoms with E-state index in [2.05, 4.69) is 50.0 Å². The Labute approximate surface area is 193 Å². The Hall–Kier alpha value is -4.41. The summed E-state index contributed by atoms with van der Waals surface area (Å²) >= 11 is 0. The number of imidazole rings is 1. The Balaban J connectivity index is 1.42. The maximum absolute atomic E-state index is 13.6. The van der Waals surface area contributed by atoms with Crippen LogP contribution in [0.5, 0.6) is 0 Å². The van der Waals surface area contributed by atoms with Crippen LogP contribution in [0.15, 0.2) is 53.6 Å². The van der Waals surface area contributed by atoms with Crippen LogP contribution < -0.4 is 0 Å². The smallest absolute Gasteiger partial charge is 0.312 e. The van der Waals surface area contributed by atoms with Crippen molar-refractivity contribution in [3.05, 3.63) is 77.7 Å². The molecule has 1 N–H and O–H groups in total. The summed E-state index contributed by atoms with van der Waals surface area (Å²) in [6.45, 7) is 4.74. The van der Waals surface area contributed by atoms with Crippen LogP contribution in [0, 0.1) is 0 Å². The van der Waals surface area contributed by atoms with Crippen LogP contribution >= 0.6 is 0 Å². The largest absolute Gasteiger partial charge is 0.409 e. The number of nitrogens with zero attached hydrogens (tertiary/aromatic N) is 8. The quantitative estimate of drug-likeness (QED) is 0.438. The van der Waals surface area contributed by atoms with Crippen LogP contribution in [0.25, 0.3) is 17.2 Å². The molecule has 11 heteroatoms. The lowest BCUT2D eigenvalue weighted by Crippen LogP contribution is -2.41. The molecule has 1 atom stereocenters. The molecule has 0 radical (unpaired) electrons. The van der Waals surface area contributed by atoms with Crippen molar-refractivity contribution in [2.75, 3.05) is 6.54 Å². The summed E-state index contributed by atoms with van der Waals surface area (Å²) in [7, 11) is 0. The van der Waals surface area contributed by atoms with Gasteiger partial charge in [-0.3, -0.25) is 4.79 Å². The number of carbonyl (C=O) groups excluding carboxylic acids is 1. The van der Waals surface area contributed by atoms with E-state index in [1.807, 2.05) is 22.8 Å². The number of hydrogen-bond acceptors (Lipinski definition) is 8. The van der Waals surface area contributed by atoms with Gasteiger partial charge < -0.3 is 14.3 Å². The number of rotatable bonds is 4. The van der Waals surface area contributed by atoms with E-state index in [4.69, 9.17) is 9.52 Å². The molecule has 1 aliphatic heterocycles. The maximum atomic E-state index is 13.6. The molecule has 0 bridgehead atoms. The van der Waals surface area contributed by atoms with Crippen molar-refractivity contribution in [3.8, 4) is 11.7 Å². The number of amides is 1. The number of H-pyrrole nitrogens is 1. The molecular formula is C23H21N9O2. The molecule has 1 amide bonds. The molecule has 0 aromatic carbocycles. The standard InChI is InChI=1S/C23H21N9O2/c1-13(2)14-5-3-9-32-17(14)11-16(30-32)19-18-15(26-12-27-18)6-10-31(19)23(33)22-29-28-21(34-22)20-24-7-4-8-25-20/h3-5,7-9,11-13,19H,6,10H2,1-2H3,(H,26,27)/t19-/m0/s1. The van der Waals surface area contributed by atoms with Crippen molar-refractivity contribution in [2.24, 2.45) is 0 Å². The fraction of sp³-hybridized carbons (Fsp3) is 0.261. The van der Waals surface area contributed by atoms with E-state index in [9.17, 15) is 4.79 Å². The van der Waals surface area contributed by atoms with Crippen molar-refractivity contribution in [1.29, 1.82) is 0 Å². The average molecular weight is 455 g/mol. The lowest BCUT2D eigenvalue weighted by molar-refractivity contribution is 0.0646. The number of nitrogens with one attached hydrogen (secondary N) is 1. The minimum Gasteiger partial charge on any atom is -0.409 e. The summed E-state index contributed by atoms with van der Waals surface area (Å²) in [6.07, 6.45) is 7.34. The first-order valence-electron chi connectivity index (χ1n) is 11.0. The molecule has 11 nitrogen and oxygen atoms in total. The molecule has 5 aromatic heterocycles. The molecule has 0 saturated carbocycles. The number of aromatic amines is 1. The van der Waals surface area contributed by atoms with Gasteiger partial charge in [-0.05, 0) is 29.7 Å². The number of aromatic nitrogens is 8. The van der Waals surface area contributed by atoms with Gasteiger partial charge in [-0.2, -0.15) is 5.10 Å². The Morgan fingerprint density at radius 1 is 1.18 bits per heavy atom. The van der Waals surface area contributed by atoms with Gasteiger partial charge in [0.25, 0.3) is 5.89 Å². The van der Waals surface area contributed by atoms with Gasteiger partial charge in [0.15, 0.2) is 0 Å². The van der Waals surface area contributed by atoms with E-state index >= 15 is 0 Å². The predicted molar refractivity (Wildman–Crippen MR) is 120 cm³/mol. The van der Waals surface area contributed by atoms with E-state index in [1.165, 1.54) is 5.56 Å². The van der Waals surface area contributed by atoms with Gasteiger partial charge in [-0.15, -0.1) is 10.2 Å². The van der Waals surface area contributed by atoms with Crippen molar-refractivity contribution in [3.63, 3.8) is 0 Å². The van der Waals surface area contributed by atoms with Crippen LogP contribution in [-0.4, -0.2) is 57.1 Å². The fourth-order valence-electron chi connectivity index (χ4n) is 4.41. The van der Waals surface area contributed by atoms with E-state index in [0.717, 1.165) is 22.6 Å². The summed E-state index contributed by atoms with van der Waals surface area (Å²) in [5.41, 5.74) is 4.66. The second-order valence-electron chi connectivity index (χ2n) is 8.42. The zero-order valence-electron chi connectivity index (χ0n) is 18.6. The molecule has 1 aliphatic rings. The zero-order valence-corrected chi connectivity index (χ0v) is 18.6. The summed E-state index contributed by atoms with van der Waals surface area (Å²) < 4.78 is 7.51. The molecular weight excluding hydrogens is 434 g/mol. The molecule has 0 aliphatic carbocycles. The molecule has 6 heterocycles. The van der Waals surface area contributed by atoms with Gasteiger partial charge in [0.05, 0.1) is 23.2 Å². The van der Waals surface area contributed by atoms with Gasteiger partial charge >= 0.3 is 11.8 Å². The molecule has 34 heavy (non-hydrogen) atoms. The lowest BCUT2D eigenvalue weighted by Gasteiger charge is -2.32. The van der Waals surface area contributed by atoms with Crippen LogP contribution in [0.2, 0.25) is 0 Å². The van der Waals surface area contributed by atoms with Crippen molar-refractivity contribution >= 4 is 11.4 Å². The molecule has 170 valence electrons. The molecule has 0 fully saturated rings. The van der Waals surface area contributed by atoms with E-state index < -0.39 is 11.9 Å². The average Bonchev–Trinajstić information content (AvgIpc) is 3.62. The Morgan fingerprint density at radius 2 is 2.03 bits per heavy atom. The van der Waals surface area contributed by atoms with E-state index in [1.54, 1.807) is 29.7 Å². The normalized spacial score (nSPS) is 15.7. The molecule has 0 spiro atoms. The first-order valence-corrected chi connectivity index (χ1v) is 11.0. The zero-order chi connectivity index (χ0) is 23.2. The molecule has 0 saturated heterocycles. The highest BCUT2D eigenvalue weighted by Crippen LogP contribution is 2.35. The minimum absolute atomic E-state index is 0.0901. The van der Waals surface area contributed by atoms with Crippen molar-refractivity contribution in [1.82, 2.24) is 44.6 Å². The minimum atomic E-state index is -0.495. The van der Waals surface area contributed by atoms with E-state index in [-0.39, 0.29) is 17.6 Å². The predicted octanol–water partition coefficient (Wildman–Crippen LogP) is 2.81. The van der Waals surface area contributed by atoms with Crippen molar-refractivity contribution < 1.29 is 9.21 Å². The molecule has 6 rings (SSSR count). The van der Waals surface area contributed by atoms with Crippen molar-refractivity contribution in [2.45, 2.75) is 32.2 Å². The van der Waals surface area contributed by atoms with Gasteiger partial charge in [-0.25, -0.2) is 19.5 Å². The second kappa shape index (κ2) is 7.87.